The van der Waals surface area contributed by atoms with Crippen LogP contribution in [-0.4, -0.2) is 41.5 Å². The third-order valence-electron chi connectivity index (χ3n) is 4.75. The summed E-state index contributed by atoms with van der Waals surface area (Å²) >= 11 is 0. The lowest BCUT2D eigenvalue weighted by Crippen LogP contribution is -2.25. The van der Waals surface area contributed by atoms with Crippen molar-refractivity contribution in [3.63, 3.8) is 0 Å². The molecule has 0 amide bonds. The van der Waals surface area contributed by atoms with Gasteiger partial charge in [-0.15, -0.1) is 0 Å². The van der Waals surface area contributed by atoms with Crippen LogP contribution in [0.2, 0.25) is 0 Å². The number of rotatable bonds is 5. The van der Waals surface area contributed by atoms with Crippen molar-refractivity contribution in [3.05, 3.63) is 30.0 Å². The lowest BCUT2D eigenvalue weighted by atomic mass is 10.0. The summed E-state index contributed by atoms with van der Waals surface area (Å²) in [6.07, 6.45) is 3.79. The fourth-order valence-electron chi connectivity index (χ4n) is 3.55. The van der Waals surface area contributed by atoms with Gasteiger partial charge in [0.15, 0.2) is 0 Å². The summed E-state index contributed by atoms with van der Waals surface area (Å²) in [7, 11) is 1.81. The summed E-state index contributed by atoms with van der Waals surface area (Å²) in [5.41, 5.74) is 2.48. The van der Waals surface area contributed by atoms with E-state index in [0.29, 0.717) is 0 Å². The van der Waals surface area contributed by atoms with Crippen molar-refractivity contribution in [1.82, 2.24) is 14.7 Å². The van der Waals surface area contributed by atoms with Crippen LogP contribution in [0.3, 0.4) is 0 Å². The number of nitrogens with zero attached hydrogens (tertiary/aromatic N) is 3. The third kappa shape index (κ3) is 3.33. The number of ether oxygens (including phenoxy) is 1. The summed E-state index contributed by atoms with van der Waals surface area (Å²) < 4.78 is 7.45. The average molecular weight is 301 g/mol. The molecular weight excluding hydrogens is 274 g/mol. The molecule has 0 spiro atoms. The normalized spacial score (nSPS) is 20.4. The van der Waals surface area contributed by atoms with Crippen LogP contribution in [0.4, 0.5) is 0 Å². The molecule has 3 rings (SSSR count). The molecule has 0 aliphatic carbocycles. The molecule has 4 nitrogen and oxygen atoms in total. The Hall–Kier alpha value is -1.39. The van der Waals surface area contributed by atoms with Gasteiger partial charge in [0.2, 0.25) is 0 Å². The number of benzene rings is 1. The van der Waals surface area contributed by atoms with E-state index in [4.69, 9.17) is 9.84 Å². The van der Waals surface area contributed by atoms with Gasteiger partial charge in [0.1, 0.15) is 0 Å². The number of aromatic nitrogens is 2. The van der Waals surface area contributed by atoms with Crippen molar-refractivity contribution in [2.75, 3.05) is 26.8 Å². The first-order valence-corrected chi connectivity index (χ1v) is 8.47. The number of aryl methyl sites for hydroxylation is 1. The minimum Gasteiger partial charge on any atom is -0.384 e. The molecule has 1 aliphatic heterocycles. The van der Waals surface area contributed by atoms with Crippen molar-refractivity contribution in [2.45, 2.75) is 39.3 Å². The predicted octanol–water partition coefficient (Wildman–Crippen LogP) is 3.30. The van der Waals surface area contributed by atoms with Crippen LogP contribution in [0.15, 0.2) is 24.3 Å². The molecule has 1 atom stereocenters. The van der Waals surface area contributed by atoms with E-state index in [0.717, 1.165) is 32.2 Å². The van der Waals surface area contributed by atoms with Crippen LogP contribution >= 0.6 is 0 Å². The van der Waals surface area contributed by atoms with Gasteiger partial charge >= 0.3 is 0 Å². The summed E-state index contributed by atoms with van der Waals surface area (Å²) in [6.45, 7) is 7.28. The Labute approximate surface area is 133 Å². The van der Waals surface area contributed by atoms with Gasteiger partial charge < -0.3 is 4.74 Å². The second-order valence-corrected chi connectivity index (χ2v) is 6.31. The maximum absolute atomic E-state index is 5.33. The Kier molecular flexibility index (Phi) is 5.11. The predicted molar refractivity (Wildman–Crippen MR) is 89.9 cm³/mol. The molecule has 0 saturated carbocycles. The van der Waals surface area contributed by atoms with E-state index in [1.54, 1.807) is 0 Å². The number of fused-ring (bicyclic) bond motifs is 1. The molecule has 0 N–H and O–H groups in total. The van der Waals surface area contributed by atoms with Gasteiger partial charge in [0, 0.05) is 32.2 Å². The van der Waals surface area contributed by atoms with Crippen molar-refractivity contribution in [2.24, 2.45) is 5.92 Å². The first kappa shape index (κ1) is 15.5. The Morgan fingerprint density at radius 1 is 1.23 bits per heavy atom. The van der Waals surface area contributed by atoms with Crippen LogP contribution < -0.4 is 0 Å². The fraction of sp³-hybridized carbons (Fsp3) is 0.611. The average Bonchev–Trinajstić information content (AvgIpc) is 2.74. The minimum absolute atomic E-state index is 0.722. The SMILES string of the molecule is CCn1nc(CN2CCCC(COC)CC2)c2ccccc21. The van der Waals surface area contributed by atoms with Crippen molar-refractivity contribution >= 4 is 10.9 Å². The van der Waals surface area contributed by atoms with Crippen molar-refractivity contribution in [3.8, 4) is 0 Å². The summed E-state index contributed by atoms with van der Waals surface area (Å²) in [6, 6.07) is 8.59. The Balaban J connectivity index is 1.73. The van der Waals surface area contributed by atoms with E-state index in [-0.39, 0.29) is 0 Å². The second kappa shape index (κ2) is 7.25. The van der Waals surface area contributed by atoms with Gasteiger partial charge in [-0.25, -0.2) is 0 Å². The van der Waals surface area contributed by atoms with Gasteiger partial charge in [0.05, 0.1) is 11.2 Å². The Bertz CT molecular complexity index is 607. The lowest BCUT2D eigenvalue weighted by Gasteiger charge is -2.19. The van der Waals surface area contributed by atoms with Crippen LogP contribution in [0.25, 0.3) is 10.9 Å². The van der Waals surface area contributed by atoms with E-state index in [2.05, 4.69) is 40.8 Å². The van der Waals surface area contributed by atoms with Gasteiger partial charge in [-0.1, -0.05) is 18.2 Å². The molecule has 1 fully saturated rings. The maximum Gasteiger partial charge on any atom is 0.0843 e. The molecule has 1 aliphatic rings. The Morgan fingerprint density at radius 3 is 2.91 bits per heavy atom. The highest BCUT2D eigenvalue weighted by Crippen LogP contribution is 2.23. The van der Waals surface area contributed by atoms with Crippen molar-refractivity contribution in [1.29, 1.82) is 0 Å². The lowest BCUT2D eigenvalue weighted by molar-refractivity contribution is 0.143. The van der Waals surface area contributed by atoms with Gasteiger partial charge in [0.25, 0.3) is 0 Å². The number of hydrogen-bond acceptors (Lipinski definition) is 3. The molecule has 2 aromatic rings. The number of methoxy groups -OCH3 is 1. The summed E-state index contributed by atoms with van der Waals surface area (Å²) in [4.78, 5) is 2.56. The van der Waals surface area contributed by atoms with Crippen molar-refractivity contribution < 1.29 is 4.74 Å². The number of hydrogen-bond donors (Lipinski definition) is 0. The smallest absolute Gasteiger partial charge is 0.0843 e. The highest BCUT2D eigenvalue weighted by molar-refractivity contribution is 5.81. The van der Waals surface area contributed by atoms with Crippen LogP contribution in [0.1, 0.15) is 31.9 Å². The third-order valence-corrected chi connectivity index (χ3v) is 4.75. The standard InChI is InChI=1S/C18H27N3O/c1-3-21-18-9-5-4-8-16(18)17(19-21)13-20-11-6-7-15(10-12-20)14-22-2/h4-5,8-9,15H,3,6-7,10-14H2,1-2H3. The van der Waals surface area contributed by atoms with Gasteiger partial charge in [-0.05, 0) is 51.3 Å². The fourth-order valence-corrected chi connectivity index (χ4v) is 3.55. The highest BCUT2D eigenvalue weighted by Gasteiger charge is 2.19. The highest BCUT2D eigenvalue weighted by atomic mass is 16.5. The molecule has 4 heteroatoms. The number of para-hydroxylation sites is 1. The minimum atomic E-state index is 0.722. The first-order chi connectivity index (χ1) is 10.8. The molecule has 1 unspecified atom stereocenters. The molecule has 22 heavy (non-hydrogen) atoms. The topological polar surface area (TPSA) is 30.3 Å². The second-order valence-electron chi connectivity index (χ2n) is 6.31. The molecule has 0 radical (unpaired) electrons. The Morgan fingerprint density at radius 2 is 2.09 bits per heavy atom. The zero-order chi connectivity index (χ0) is 15.4. The molecule has 1 aromatic heterocycles. The van der Waals surface area contributed by atoms with E-state index in [1.807, 2.05) is 7.11 Å². The molecule has 1 saturated heterocycles. The van der Waals surface area contributed by atoms with Crippen LogP contribution in [0, 0.1) is 5.92 Å². The first-order valence-electron chi connectivity index (χ1n) is 8.47. The molecule has 120 valence electrons. The monoisotopic (exact) mass is 301 g/mol. The molecule has 0 bridgehead atoms. The summed E-state index contributed by atoms with van der Waals surface area (Å²) in [5, 5.41) is 6.15. The molecule has 1 aromatic carbocycles. The molecular formula is C18H27N3O. The number of likely N-dealkylation sites (tertiary alicyclic amines) is 1. The maximum atomic E-state index is 5.33. The van der Waals surface area contributed by atoms with Gasteiger partial charge in [-0.2, -0.15) is 5.10 Å². The summed E-state index contributed by atoms with van der Waals surface area (Å²) in [5.74, 6) is 0.722. The van der Waals surface area contributed by atoms with E-state index < -0.39 is 0 Å². The van der Waals surface area contributed by atoms with E-state index >= 15 is 0 Å². The quantitative estimate of drug-likeness (QED) is 0.849. The van der Waals surface area contributed by atoms with E-state index in [9.17, 15) is 0 Å². The zero-order valence-electron chi connectivity index (χ0n) is 13.8. The zero-order valence-corrected chi connectivity index (χ0v) is 13.8. The van der Waals surface area contributed by atoms with Gasteiger partial charge in [-0.3, -0.25) is 9.58 Å². The van der Waals surface area contributed by atoms with Crippen LogP contribution in [-0.2, 0) is 17.8 Å². The van der Waals surface area contributed by atoms with E-state index in [1.165, 1.54) is 42.4 Å². The molecule has 2 heterocycles. The largest absolute Gasteiger partial charge is 0.384 e. The van der Waals surface area contributed by atoms with Crippen LogP contribution in [0.5, 0.6) is 0 Å².